The topological polar surface area (TPSA) is 66.8 Å². The highest BCUT2D eigenvalue weighted by Crippen LogP contribution is 2.37. The van der Waals surface area contributed by atoms with E-state index in [0.717, 1.165) is 32.1 Å². The van der Waals surface area contributed by atoms with Gasteiger partial charge in [0.2, 0.25) is 10.0 Å². The van der Waals surface area contributed by atoms with E-state index in [9.17, 15) is 13.5 Å². The molecule has 1 heterocycles. The van der Waals surface area contributed by atoms with E-state index >= 15 is 0 Å². The van der Waals surface area contributed by atoms with E-state index in [2.05, 4.69) is 0 Å². The molecule has 1 aliphatic heterocycles. The van der Waals surface area contributed by atoms with Crippen LogP contribution >= 0.6 is 0 Å². The number of aliphatic hydroxyl groups excluding tert-OH is 1. The van der Waals surface area contributed by atoms with E-state index in [0.29, 0.717) is 6.54 Å². The Morgan fingerprint density at radius 2 is 2.00 bits per heavy atom. The first-order chi connectivity index (χ1) is 9.42. The van der Waals surface area contributed by atoms with E-state index in [1.807, 2.05) is 13.8 Å². The van der Waals surface area contributed by atoms with Gasteiger partial charge in [-0.3, -0.25) is 0 Å². The summed E-state index contributed by atoms with van der Waals surface area (Å²) in [7, 11) is -3.27. The SMILES string of the molecule is CC(C)OCCS(=O)(=O)N1CCCC1C1CCCC1O. The molecule has 2 rings (SSSR count). The molecule has 0 aromatic rings. The lowest BCUT2D eigenvalue weighted by atomic mass is 9.95. The summed E-state index contributed by atoms with van der Waals surface area (Å²) < 4.78 is 31.9. The standard InChI is InChI=1S/C14H27NO4S/c1-11(2)19-9-10-20(17,18)15-8-4-6-13(15)12-5-3-7-14(12)16/h11-14,16H,3-10H2,1-2H3. The zero-order chi connectivity index (χ0) is 14.8. The number of hydrogen-bond acceptors (Lipinski definition) is 4. The van der Waals surface area contributed by atoms with Crippen molar-refractivity contribution in [2.24, 2.45) is 5.92 Å². The van der Waals surface area contributed by atoms with Crippen LogP contribution in [0.2, 0.25) is 0 Å². The van der Waals surface area contributed by atoms with E-state index < -0.39 is 10.0 Å². The number of aliphatic hydroxyl groups is 1. The van der Waals surface area contributed by atoms with Crippen LogP contribution in [0.5, 0.6) is 0 Å². The minimum absolute atomic E-state index is 0.00319. The highest BCUT2D eigenvalue weighted by Gasteiger charge is 2.42. The maximum atomic E-state index is 12.5. The monoisotopic (exact) mass is 305 g/mol. The summed E-state index contributed by atoms with van der Waals surface area (Å²) >= 11 is 0. The van der Waals surface area contributed by atoms with Crippen molar-refractivity contribution in [1.82, 2.24) is 4.31 Å². The first-order valence-electron chi connectivity index (χ1n) is 7.71. The largest absolute Gasteiger partial charge is 0.393 e. The quantitative estimate of drug-likeness (QED) is 0.805. The molecule has 0 aromatic carbocycles. The lowest BCUT2D eigenvalue weighted by Gasteiger charge is -2.30. The summed E-state index contributed by atoms with van der Waals surface area (Å²) in [6, 6.07) is -0.00319. The van der Waals surface area contributed by atoms with Crippen LogP contribution in [-0.2, 0) is 14.8 Å². The molecule has 20 heavy (non-hydrogen) atoms. The first kappa shape index (κ1) is 16.2. The maximum Gasteiger partial charge on any atom is 0.216 e. The molecule has 3 unspecified atom stereocenters. The van der Waals surface area contributed by atoms with Crippen molar-refractivity contribution in [2.75, 3.05) is 18.9 Å². The van der Waals surface area contributed by atoms with Crippen LogP contribution in [0.1, 0.15) is 46.0 Å². The molecule has 2 fully saturated rings. The van der Waals surface area contributed by atoms with Crippen molar-refractivity contribution in [3.8, 4) is 0 Å². The van der Waals surface area contributed by atoms with Gasteiger partial charge >= 0.3 is 0 Å². The second kappa shape index (κ2) is 6.73. The van der Waals surface area contributed by atoms with E-state index in [1.54, 1.807) is 4.31 Å². The van der Waals surface area contributed by atoms with Crippen molar-refractivity contribution in [1.29, 1.82) is 0 Å². The highest BCUT2D eigenvalue weighted by molar-refractivity contribution is 7.89. The Bertz CT molecular complexity index is 409. The van der Waals surface area contributed by atoms with Crippen LogP contribution in [-0.4, -0.2) is 55.0 Å². The normalized spacial score (nSPS) is 32.3. The van der Waals surface area contributed by atoms with Gasteiger partial charge in [0, 0.05) is 18.5 Å². The molecule has 0 spiro atoms. The van der Waals surface area contributed by atoms with E-state index in [-0.39, 0.29) is 36.5 Å². The fourth-order valence-corrected chi connectivity index (χ4v) is 5.09. The Labute approximate surface area is 122 Å². The van der Waals surface area contributed by atoms with Gasteiger partial charge < -0.3 is 9.84 Å². The third-order valence-corrected chi connectivity index (χ3v) is 6.27. The minimum atomic E-state index is -3.27. The number of rotatable bonds is 6. The minimum Gasteiger partial charge on any atom is -0.393 e. The molecule has 5 nitrogen and oxygen atoms in total. The summed E-state index contributed by atoms with van der Waals surface area (Å²) in [5.41, 5.74) is 0. The molecule has 0 aromatic heterocycles. The van der Waals surface area contributed by atoms with Crippen molar-refractivity contribution in [3.63, 3.8) is 0 Å². The van der Waals surface area contributed by atoms with Gasteiger partial charge in [-0.1, -0.05) is 6.42 Å². The fourth-order valence-electron chi connectivity index (χ4n) is 3.46. The van der Waals surface area contributed by atoms with Crippen LogP contribution in [0, 0.1) is 5.92 Å². The Kier molecular flexibility index (Phi) is 5.45. The maximum absolute atomic E-state index is 12.5. The van der Waals surface area contributed by atoms with Gasteiger partial charge in [-0.15, -0.1) is 0 Å². The van der Waals surface area contributed by atoms with E-state index in [1.165, 1.54) is 0 Å². The summed E-state index contributed by atoms with van der Waals surface area (Å²) in [5, 5.41) is 10.0. The smallest absolute Gasteiger partial charge is 0.216 e. The highest BCUT2D eigenvalue weighted by atomic mass is 32.2. The molecule has 118 valence electrons. The Balaban J connectivity index is 1.98. The van der Waals surface area contributed by atoms with Gasteiger partial charge in [-0.2, -0.15) is 4.31 Å². The zero-order valence-electron chi connectivity index (χ0n) is 12.5. The lowest BCUT2D eigenvalue weighted by molar-refractivity contribution is 0.0880. The zero-order valence-corrected chi connectivity index (χ0v) is 13.3. The van der Waals surface area contributed by atoms with Crippen molar-refractivity contribution in [2.45, 2.75) is 64.2 Å². The van der Waals surface area contributed by atoms with Crippen LogP contribution in [0.25, 0.3) is 0 Å². The molecule has 1 aliphatic carbocycles. The van der Waals surface area contributed by atoms with Crippen LogP contribution in [0.3, 0.4) is 0 Å². The predicted molar refractivity (Wildman–Crippen MR) is 78.0 cm³/mol. The summed E-state index contributed by atoms with van der Waals surface area (Å²) in [6.45, 7) is 4.65. The lowest BCUT2D eigenvalue weighted by Crippen LogP contribution is -2.44. The van der Waals surface area contributed by atoms with Crippen molar-refractivity contribution < 1.29 is 18.3 Å². The van der Waals surface area contributed by atoms with Crippen LogP contribution in [0.15, 0.2) is 0 Å². The molecule has 1 saturated heterocycles. The molecule has 2 aliphatic rings. The molecule has 1 N–H and O–H groups in total. The second-order valence-electron chi connectivity index (χ2n) is 6.22. The molecule has 0 bridgehead atoms. The Morgan fingerprint density at radius 3 is 2.60 bits per heavy atom. The van der Waals surface area contributed by atoms with Gasteiger partial charge in [0.05, 0.1) is 24.6 Å². The third kappa shape index (κ3) is 3.72. The molecule has 0 radical (unpaired) electrons. The van der Waals surface area contributed by atoms with Gasteiger partial charge in [-0.05, 0) is 39.5 Å². The molecular formula is C14H27NO4S. The van der Waals surface area contributed by atoms with Crippen LogP contribution < -0.4 is 0 Å². The third-order valence-electron chi connectivity index (χ3n) is 4.42. The van der Waals surface area contributed by atoms with Crippen LogP contribution in [0.4, 0.5) is 0 Å². The van der Waals surface area contributed by atoms with Gasteiger partial charge in [0.15, 0.2) is 0 Å². The van der Waals surface area contributed by atoms with Crippen molar-refractivity contribution in [3.05, 3.63) is 0 Å². The molecule has 0 amide bonds. The van der Waals surface area contributed by atoms with Gasteiger partial charge in [0.25, 0.3) is 0 Å². The average molecular weight is 305 g/mol. The predicted octanol–water partition coefficient (Wildman–Crippen LogP) is 1.37. The number of sulfonamides is 1. The second-order valence-corrected chi connectivity index (χ2v) is 8.26. The molecule has 3 atom stereocenters. The average Bonchev–Trinajstić information content (AvgIpc) is 2.95. The van der Waals surface area contributed by atoms with Gasteiger partial charge in [0.1, 0.15) is 0 Å². The molecular weight excluding hydrogens is 278 g/mol. The molecule has 1 saturated carbocycles. The number of hydrogen-bond donors (Lipinski definition) is 1. The first-order valence-corrected chi connectivity index (χ1v) is 9.32. The van der Waals surface area contributed by atoms with Crippen molar-refractivity contribution >= 4 is 10.0 Å². The Morgan fingerprint density at radius 1 is 1.25 bits per heavy atom. The molecule has 6 heteroatoms. The Hall–Kier alpha value is -0.170. The summed E-state index contributed by atoms with van der Waals surface area (Å²) in [4.78, 5) is 0. The van der Waals surface area contributed by atoms with Gasteiger partial charge in [-0.25, -0.2) is 8.42 Å². The number of ether oxygens (including phenoxy) is 1. The fraction of sp³-hybridized carbons (Fsp3) is 1.00. The number of nitrogens with zero attached hydrogens (tertiary/aromatic N) is 1. The summed E-state index contributed by atoms with van der Waals surface area (Å²) in [5.74, 6) is 0.170. The summed E-state index contributed by atoms with van der Waals surface area (Å²) in [6.07, 6.45) is 4.27. The van der Waals surface area contributed by atoms with E-state index in [4.69, 9.17) is 4.74 Å².